The standard InChI is InChI=1S/C15H9Cl2N3.C15H10ClN3O.CH4.Cl3OP/c1-18-12-5-2-10(3-6-12)9-20-14-8-11(16)4-7-13(14)19-15(20)17;1-17-12-5-2-10(3-6-12)9-19-14-8-11(16)4-7-13(14)18-15(19)20;;1-5(2,3)4/h2-8H,9H2;2-8H,9H2,(H,18,20);1H4;. The minimum absolute atomic E-state index is 0. The molecule has 4 aromatic carbocycles. The molecule has 0 fully saturated rings. The number of halogens is 6. The van der Waals surface area contributed by atoms with E-state index < -0.39 is 5.20 Å². The summed E-state index contributed by atoms with van der Waals surface area (Å²) in [5, 5.41) is -1.55. The van der Waals surface area contributed by atoms with Crippen LogP contribution in [0.4, 0.5) is 11.4 Å². The fourth-order valence-corrected chi connectivity index (χ4v) is 4.79. The van der Waals surface area contributed by atoms with Crippen molar-refractivity contribution in [2.75, 3.05) is 0 Å². The van der Waals surface area contributed by atoms with Crippen molar-refractivity contribution in [2.45, 2.75) is 20.5 Å². The van der Waals surface area contributed by atoms with E-state index in [1.807, 2.05) is 41.0 Å². The first-order valence-corrected chi connectivity index (χ1v) is 18.2. The van der Waals surface area contributed by atoms with Gasteiger partial charge in [-0.1, -0.05) is 79.2 Å². The Kier molecular flexibility index (Phi) is 13.2. The third kappa shape index (κ3) is 10.3. The summed E-state index contributed by atoms with van der Waals surface area (Å²) >= 11 is 32.0. The van der Waals surface area contributed by atoms with E-state index in [1.165, 1.54) is 0 Å². The number of H-pyrrole nitrogens is 1. The van der Waals surface area contributed by atoms with Crippen LogP contribution in [0.25, 0.3) is 31.8 Å². The molecule has 0 saturated heterocycles. The molecule has 0 atom stereocenters. The van der Waals surface area contributed by atoms with E-state index in [2.05, 4.69) is 53.4 Å². The Bertz CT molecular complexity index is 2150. The number of nitrogens with zero attached hydrogens (tertiary/aromatic N) is 5. The normalized spacial score (nSPS) is 10.5. The predicted molar refractivity (Wildman–Crippen MR) is 193 cm³/mol. The van der Waals surface area contributed by atoms with E-state index in [0.29, 0.717) is 39.8 Å². The summed E-state index contributed by atoms with van der Waals surface area (Å²) in [7, 11) is 0. The summed E-state index contributed by atoms with van der Waals surface area (Å²) in [6.45, 7) is 14.9. The molecule has 2 aromatic heterocycles. The van der Waals surface area contributed by atoms with Gasteiger partial charge in [0, 0.05) is 10.0 Å². The van der Waals surface area contributed by atoms with Gasteiger partial charge < -0.3 is 9.55 Å². The number of aromatic amines is 1. The fourth-order valence-electron chi connectivity index (χ4n) is 4.22. The van der Waals surface area contributed by atoms with Crippen molar-refractivity contribution in [2.24, 2.45) is 0 Å². The first kappa shape index (κ1) is 37.0. The molecule has 236 valence electrons. The molecule has 2 heterocycles. The van der Waals surface area contributed by atoms with Gasteiger partial charge in [-0.15, -0.1) is 0 Å². The van der Waals surface area contributed by atoms with E-state index in [1.54, 1.807) is 53.1 Å². The van der Waals surface area contributed by atoms with Gasteiger partial charge in [-0.3, -0.25) is 9.13 Å². The van der Waals surface area contributed by atoms with Gasteiger partial charge in [-0.05, 0) is 92.8 Å². The lowest BCUT2D eigenvalue weighted by Crippen LogP contribution is -2.17. The quantitative estimate of drug-likeness (QED) is 0.144. The summed E-state index contributed by atoms with van der Waals surface area (Å²) in [6.07, 6.45) is 0. The lowest BCUT2D eigenvalue weighted by atomic mass is 10.2. The summed E-state index contributed by atoms with van der Waals surface area (Å²) in [4.78, 5) is 25.8. The molecule has 0 saturated carbocycles. The highest BCUT2D eigenvalue weighted by Crippen LogP contribution is 2.61. The van der Waals surface area contributed by atoms with Crippen LogP contribution in [0.1, 0.15) is 18.6 Å². The minimum atomic E-state index is -3.22. The average molecular weight is 755 g/mol. The molecule has 0 unspecified atom stereocenters. The van der Waals surface area contributed by atoms with Crippen molar-refractivity contribution in [3.63, 3.8) is 0 Å². The lowest BCUT2D eigenvalue weighted by molar-refractivity contribution is 0.600. The Morgan fingerprint density at radius 2 is 1.17 bits per heavy atom. The maximum absolute atomic E-state index is 12.0. The van der Waals surface area contributed by atoms with Crippen LogP contribution in [0.2, 0.25) is 15.3 Å². The van der Waals surface area contributed by atoms with Gasteiger partial charge in [-0.25, -0.2) is 19.5 Å². The van der Waals surface area contributed by atoms with E-state index in [0.717, 1.165) is 33.2 Å². The van der Waals surface area contributed by atoms with Crippen molar-refractivity contribution >= 4 is 107 Å². The minimum Gasteiger partial charge on any atom is -0.310 e. The highest BCUT2D eigenvalue weighted by Gasteiger charge is 2.10. The third-order valence-electron chi connectivity index (χ3n) is 6.21. The predicted octanol–water partition coefficient (Wildman–Crippen LogP) is 12.0. The van der Waals surface area contributed by atoms with Crippen LogP contribution in [-0.2, 0) is 17.7 Å². The van der Waals surface area contributed by atoms with Gasteiger partial charge >= 0.3 is 10.9 Å². The molecule has 0 aliphatic heterocycles. The van der Waals surface area contributed by atoms with E-state index in [-0.39, 0.29) is 13.1 Å². The Morgan fingerprint density at radius 1 is 0.717 bits per heavy atom. The smallest absolute Gasteiger partial charge is 0.310 e. The fraction of sp³-hybridized carbons (Fsp3) is 0.0968. The second-order valence-electron chi connectivity index (χ2n) is 9.23. The maximum atomic E-state index is 12.0. The van der Waals surface area contributed by atoms with Gasteiger partial charge in [0.25, 0.3) is 0 Å². The molecule has 6 rings (SSSR count). The van der Waals surface area contributed by atoms with Crippen LogP contribution in [-0.4, -0.2) is 19.1 Å². The molecule has 46 heavy (non-hydrogen) atoms. The number of fused-ring (bicyclic) bond motifs is 2. The molecule has 0 aliphatic carbocycles. The average Bonchev–Trinajstić information content (AvgIpc) is 3.47. The van der Waals surface area contributed by atoms with E-state index >= 15 is 0 Å². The molecule has 8 nitrogen and oxygen atoms in total. The zero-order valence-corrected chi connectivity index (χ0v) is 28.2. The van der Waals surface area contributed by atoms with Crippen molar-refractivity contribution in [3.8, 4) is 0 Å². The Balaban J connectivity index is 0.000000215. The van der Waals surface area contributed by atoms with Crippen LogP contribution in [0, 0.1) is 13.1 Å². The number of imidazole rings is 2. The van der Waals surface area contributed by atoms with Crippen molar-refractivity contribution in [1.82, 2.24) is 19.1 Å². The van der Waals surface area contributed by atoms with Crippen LogP contribution in [0.3, 0.4) is 0 Å². The van der Waals surface area contributed by atoms with Crippen LogP contribution < -0.4 is 5.69 Å². The molecule has 1 N–H and O–H groups in total. The Morgan fingerprint density at radius 3 is 1.67 bits per heavy atom. The van der Waals surface area contributed by atoms with Crippen LogP contribution in [0.5, 0.6) is 0 Å². The van der Waals surface area contributed by atoms with Gasteiger partial charge in [0.05, 0.1) is 48.3 Å². The van der Waals surface area contributed by atoms with Gasteiger partial charge in [0.2, 0.25) is 5.28 Å². The van der Waals surface area contributed by atoms with Gasteiger partial charge in [-0.2, -0.15) is 0 Å². The summed E-state index contributed by atoms with van der Waals surface area (Å²) in [5.41, 5.74) is 6.31. The molecule has 0 bridgehead atoms. The monoisotopic (exact) mass is 752 g/mol. The first-order chi connectivity index (χ1) is 21.3. The summed E-state index contributed by atoms with van der Waals surface area (Å²) in [5.74, 6) is 0. The number of hydrogen-bond donors (Lipinski definition) is 1. The molecule has 0 amide bonds. The largest absolute Gasteiger partial charge is 0.339 e. The Labute approximate surface area is 294 Å². The number of benzene rings is 4. The van der Waals surface area contributed by atoms with Crippen LogP contribution >= 0.6 is 73.7 Å². The molecule has 0 aliphatic rings. The lowest BCUT2D eigenvalue weighted by Gasteiger charge is -2.06. The maximum Gasteiger partial charge on any atom is 0.339 e. The van der Waals surface area contributed by atoms with Gasteiger partial charge in [0.15, 0.2) is 11.4 Å². The number of hydrogen-bond acceptors (Lipinski definition) is 3. The molecular weight excluding hydrogens is 732 g/mol. The number of aromatic nitrogens is 4. The van der Waals surface area contributed by atoms with Gasteiger partial charge in [0.1, 0.15) is 0 Å². The number of rotatable bonds is 4. The molecule has 0 spiro atoms. The van der Waals surface area contributed by atoms with E-state index in [4.69, 9.17) is 47.9 Å². The first-order valence-electron chi connectivity index (χ1n) is 12.7. The second-order valence-corrected chi connectivity index (χ2v) is 17.1. The molecular formula is C31H23Cl6N6O2P. The summed E-state index contributed by atoms with van der Waals surface area (Å²) in [6, 6.07) is 25.4. The van der Waals surface area contributed by atoms with Crippen molar-refractivity contribution in [3.05, 3.63) is 145 Å². The van der Waals surface area contributed by atoms with Crippen LogP contribution in [0.15, 0.2) is 89.7 Å². The Hall–Kier alpha value is -3.43. The zero-order chi connectivity index (χ0) is 32.7. The number of nitrogens with one attached hydrogen (secondary N) is 1. The van der Waals surface area contributed by atoms with Crippen molar-refractivity contribution < 1.29 is 4.57 Å². The topological polar surface area (TPSA) is 81.4 Å². The zero-order valence-electron chi connectivity index (χ0n) is 22.8. The molecule has 0 radical (unpaired) electrons. The summed E-state index contributed by atoms with van der Waals surface area (Å²) < 4.78 is 13.0. The molecule has 6 aromatic rings. The SMILES string of the molecule is C.O=P(Cl)(Cl)Cl.[C-]#[N+]c1ccc(Cn2c(=O)[nH]c3ccc(Cl)cc32)cc1.[C-]#[N+]c1ccc(Cn2c(Cl)nc3ccc(Cl)cc32)cc1. The second kappa shape index (κ2) is 16.4. The third-order valence-corrected chi connectivity index (χ3v) is 6.97. The molecule has 15 heteroatoms. The van der Waals surface area contributed by atoms with Crippen molar-refractivity contribution in [1.29, 1.82) is 0 Å². The van der Waals surface area contributed by atoms with E-state index in [9.17, 15) is 9.36 Å². The highest BCUT2D eigenvalue weighted by atomic mass is 36.0. The highest BCUT2D eigenvalue weighted by molar-refractivity contribution is 8.24.